The molecule has 0 aromatic heterocycles. The second-order valence-electron chi connectivity index (χ2n) is 1.69. The van der Waals surface area contributed by atoms with Crippen molar-refractivity contribution < 1.29 is 0 Å². The Bertz CT molecular complexity index is 108. The summed E-state index contributed by atoms with van der Waals surface area (Å²) < 4.78 is 0. The van der Waals surface area contributed by atoms with Gasteiger partial charge in [-0.05, 0) is 23.7 Å². The number of terminal acetylenes is 1. The Morgan fingerprint density at radius 2 is 2.44 bits per heavy atom. The lowest BCUT2D eigenvalue weighted by molar-refractivity contribution is 0.898. The lowest BCUT2D eigenvalue weighted by Crippen LogP contribution is -1.71. The first-order chi connectivity index (χ1) is 4.41. The van der Waals surface area contributed by atoms with Crippen molar-refractivity contribution >= 4 is 11.8 Å². The van der Waals surface area contributed by atoms with Gasteiger partial charge in [-0.2, -0.15) is 0 Å². The molecule has 1 heteroatoms. The minimum Gasteiger partial charge on any atom is -0.133 e. The number of hydrogen-bond acceptors (Lipinski definition) is 1. The van der Waals surface area contributed by atoms with Crippen LogP contribution in [-0.4, -0.2) is 5.75 Å². The van der Waals surface area contributed by atoms with Gasteiger partial charge < -0.3 is 0 Å². The molecular formula is C8H12S. The van der Waals surface area contributed by atoms with E-state index in [-0.39, 0.29) is 0 Å². The molecule has 0 fully saturated rings. The SMILES string of the molecule is C#CC=CSCCCC. The third kappa shape index (κ3) is 7.65. The first-order valence-electron chi connectivity index (χ1n) is 3.14. The number of hydrogen-bond donors (Lipinski definition) is 0. The summed E-state index contributed by atoms with van der Waals surface area (Å²) in [4.78, 5) is 0. The van der Waals surface area contributed by atoms with Crippen LogP contribution in [0.2, 0.25) is 0 Å². The van der Waals surface area contributed by atoms with Crippen molar-refractivity contribution in [2.75, 3.05) is 5.75 Å². The maximum Gasteiger partial charge on any atom is -0.00259 e. The zero-order valence-electron chi connectivity index (χ0n) is 5.76. The Balaban J connectivity index is 2.93. The van der Waals surface area contributed by atoms with Gasteiger partial charge in [0.1, 0.15) is 0 Å². The van der Waals surface area contributed by atoms with E-state index >= 15 is 0 Å². The molecule has 0 saturated heterocycles. The van der Waals surface area contributed by atoms with Crippen molar-refractivity contribution in [2.24, 2.45) is 0 Å². The topological polar surface area (TPSA) is 0 Å². The van der Waals surface area contributed by atoms with Gasteiger partial charge in [0, 0.05) is 0 Å². The Kier molecular flexibility index (Phi) is 7.35. The van der Waals surface area contributed by atoms with Crippen molar-refractivity contribution in [3.63, 3.8) is 0 Å². The summed E-state index contributed by atoms with van der Waals surface area (Å²) in [6.07, 6.45) is 9.27. The monoisotopic (exact) mass is 140 g/mol. The standard InChI is InChI=1S/C8H12S/c1-3-5-7-9-8-6-4-2/h1,5,7H,4,6,8H2,2H3. The maximum atomic E-state index is 4.99. The first-order valence-corrected chi connectivity index (χ1v) is 4.19. The van der Waals surface area contributed by atoms with Gasteiger partial charge in [0.25, 0.3) is 0 Å². The average molecular weight is 140 g/mol. The highest BCUT2D eigenvalue weighted by Gasteiger charge is 1.79. The molecule has 0 radical (unpaired) electrons. The van der Waals surface area contributed by atoms with E-state index in [1.807, 2.05) is 5.41 Å². The fraction of sp³-hybridized carbons (Fsp3) is 0.500. The van der Waals surface area contributed by atoms with Crippen LogP contribution < -0.4 is 0 Å². The van der Waals surface area contributed by atoms with E-state index in [4.69, 9.17) is 6.42 Å². The molecule has 0 aliphatic carbocycles. The summed E-state index contributed by atoms with van der Waals surface area (Å²) in [5.74, 6) is 3.63. The van der Waals surface area contributed by atoms with Crippen molar-refractivity contribution in [3.8, 4) is 12.3 Å². The first kappa shape index (κ1) is 8.65. The van der Waals surface area contributed by atoms with E-state index in [2.05, 4.69) is 12.8 Å². The van der Waals surface area contributed by atoms with Gasteiger partial charge in [-0.15, -0.1) is 18.2 Å². The number of unbranched alkanes of at least 4 members (excludes halogenated alkanes) is 1. The van der Waals surface area contributed by atoms with Crippen LogP contribution in [0.4, 0.5) is 0 Å². The largest absolute Gasteiger partial charge is 0.133 e. The van der Waals surface area contributed by atoms with Crippen LogP contribution in [-0.2, 0) is 0 Å². The third-order valence-corrected chi connectivity index (χ3v) is 1.73. The average Bonchev–Trinajstić information content (AvgIpc) is 1.89. The molecule has 0 atom stereocenters. The Morgan fingerprint density at radius 3 is 3.00 bits per heavy atom. The molecule has 0 nitrogen and oxygen atoms in total. The summed E-state index contributed by atoms with van der Waals surface area (Å²) >= 11 is 1.78. The van der Waals surface area contributed by atoms with Gasteiger partial charge in [-0.1, -0.05) is 19.3 Å². The van der Waals surface area contributed by atoms with E-state index in [0.29, 0.717) is 0 Å². The fourth-order valence-corrected chi connectivity index (χ4v) is 1.15. The minimum atomic E-state index is 1.19. The molecule has 0 aliphatic heterocycles. The number of rotatable bonds is 4. The van der Waals surface area contributed by atoms with Gasteiger partial charge >= 0.3 is 0 Å². The number of allylic oxidation sites excluding steroid dienone is 1. The molecule has 0 aromatic carbocycles. The van der Waals surface area contributed by atoms with Gasteiger partial charge in [-0.25, -0.2) is 0 Å². The molecule has 0 aliphatic rings. The molecule has 0 bridgehead atoms. The van der Waals surface area contributed by atoms with Crippen LogP contribution in [0.1, 0.15) is 19.8 Å². The van der Waals surface area contributed by atoms with Gasteiger partial charge in [0.15, 0.2) is 0 Å². The Labute approximate surface area is 61.7 Å². The molecule has 50 valence electrons. The normalized spacial score (nSPS) is 9.78. The highest BCUT2D eigenvalue weighted by Crippen LogP contribution is 2.04. The highest BCUT2D eigenvalue weighted by molar-refractivity contribution is 8.02. The number of thioether (sulfide) groups is 1. The third-order valence-electron chi connectivity index (χ3n) is 0.876. The molecule has 9 heavy (non-hydrogen) atoms. The van der Waals surface area contributed by atoms with Gasteiger partial charge in [0.2, 0.25) is 0 Å². The molecule has 0 spiro atoms. The molecule has 0 N–H and O–H groups in total. The highest BCUT2D eigenvalue weighted by atomic mass is 32.2. The van der Waals surface area contributed by atoms with Crippen LogP contribution in [0.25, 0.3) is 0 Å². The predicted molar refractivity (Wildman–Crippen MR) is 45.3 cm³/mol. The molecule has 0 heterocycles. The van der Waals surface area contributed by atoms with Crippen LogP contribution in [0.15, 0.2) is 11.5 Å². The molecule has 0 aromatic rings. The van der Waals surface area contributed by atoms with Crippen LogP contribution in [0.3, 0.4) is 0 Å². The van der Waals surface area contributed by atoms with Crippen LogP contribution in [0, 0.1) is 12.3 Å². The summed E-state index contributed by atoms with van der Waals surface area (Å²) in [6.45, 7) is 2.19. The molecular weight excluding hydrogens is 128 g/mol. The molecule has 0 rings (SSSR count). The second kappa shape index (κ2) is 7.65. The lowest BCUT2D eigenvalue weighted by Gasteiger charge is -1.88. The predicted octanol–water partition coefficient (Wildman–Crippen LogP) is 2.67. The smallest absolute Gasteiger partial charge is 0.00259 e. The van der Waals surface area contributed by atoms with Crippen molar-refractivity contribution in [3.05, 3.63) is 11.5 Å². The Hall–Kier alpha value is -0.350. The Morgan fingerprint density at radius 1 is 1.67 bits per heavy atom. The van der Waals surface area contributed by atoms with Gasteiger partial charge in [-0.3, -0.25) is 0 Å². The summed E-state index contributed by atoms with van der Waals surface area (Å²) in [5.41, 5.74) is 0. The molecule has 0 unspecified atom stereocenters. The van der Waals surface area contributed by atoms with Crippen LogP contribution >= 0.6 is 11.8 Å². The molecule has 0 amide bonds. The van der Waals surface area contributed by atoms with E-state index in [1.54, 1.807) is 17.8 Å². The zero-order chi connectivity index (χ0) is 6.95. The van der Waals surface area contributed by atoms with Crippen LogP contribution in [0.5, 0.6) is 0 Å². The van der Waals surface area contributed by atoms with E-state index in [9.17, 15) is 0 Å². The fourth-order valence-electron chi connectivity index (χ4n) is 0.383. The van der Waals surface area contributed by atoms with Crippen molar-refractivity contribution in [2.45, 2.75) is 19.8 Å². The summed E-state index contributed by atoms with van der Waals surface area (Å²) in [5, 5.41) is 1.97. The lowest BCUT2D eigenvalue weighted by atomic mass is 10.4. The quantitative estimate of drug-likeness (QED) is 0.427. The van der Waals surface area contributed by atoms with Crippen molar-refractivity contribution in [1.29, 1.82) is 0 Å². The summed E-state index contributed by atoms with van der Waals surface area (Å²) in [7, 11) is 0. The van der Waals surface area contributed by atoms with Gasteiger partial charge in [0.05, 0.1) is 0 Å². The zero-order valence-corrected chi connectivity index (χ0v) is 6.58. The van der Waals surface area contributed by atoms with Crippen molar-refractivity contribution in [1.82, 2.24) is 0 Å². The van der Waals surface area contributed by atoms with E-state index in [0.717, 1.165) is 0 Å². The maximum absolute atomic E-state index is 4.99. The second-order valence-corrected chi connectivity index (χ2v) is 2.71. The van der Waals surface area contributed by atoms with E-state index < -0.39 is 0 Å². The van der Waals surface area contributed by atoms with E-state index in [1.165, 1.54) is 18.6 Å². The summed E-state index contributed by atoms with van der Waals surface area (Å²) in [6, 6.07) is 0. The molecule has 0 saturated carbocycles. The minimum absolute atomic E-state index is 1.19.